The van der Waals surface area contributed by atoms with Gasteiger partial charge in [0.15, 0.2) is 0 Å². The quantitative estimate of drug-likeness (QED) is 0.361. The summed E-state index contributed by atoms with van der Waals surface area (Å²) in [5.41, 5.74) is 0.699. The zero-order chi connectivity index (χ0) is 19.3. The van der Waals surface area contributed by atoms with Crippen molar-refractivity contribution < 1.29 is 25.5 Å². The Morgan fingerprint density at radius 2 is 1.77 bits per heavy atom. The second kappa shape index (κ2) is 8.89. The summed E-state index contributed by atoms with van der Waals surface area (Å²) in [7, 11) is 0. The monoisotopic (exact) mass is 364 g/mol. The molecule has 0 radical (unpaired) electrons. The van der Waals surface area contributed by atoms with Crippen LogP contribution in [-0.2, 0) is 6.42 Å². The van der Waals surface area contributed by atoms with Gasteiger partial charge in [-0.1, -0.05) is 25.8 Å². The second-order valence-electron chi connectivity index (χ2n) is 7.67. The highest BCUT2D eigenvalue weighted by Gasteiger charge is 2.41. The fourth-order valence-electron chi connectivity index (χ4n) is 3.95. The maximum atomic E-state index is 10.6. The first kappa shape index (κ1) is 20.7. The number of benzene rings is 1. The Labute approximate surface area is 155 Å². The molecular formula is C21H32O5. The Morgan fingerprint density at radius 3 is 2.31 bits per heavy atom. The maximum absolute atomic E-state index is 10.6. The zero-order valence-electron chi connectivity index (χ0n) is 15.8. The molecule has 0 saturated heterocycles. The molecule has 5 heteroatoms. The van der Waals surface area contributed by atoms with Crippen LogP contribution in [0.4, 0.5) is 0 Å². The SMILES string of the molecule is CCCCCc1cc(O)c(C2C=C(CO)CC[C@H]2C(C)(O)CO)c(O)c1. The van der Waals surface area contributed by atoms with Gasteiger partial charge in [0.05, 0.1) is 18.8 Å². The van der Waals surface area contributed by atoms with Gasteiger partial charge in [0.2, 0.25) is 0 Å². The van der Waals surface area contributed by atoms with Gasteiger partial charge in [0, 0.05) is 17.4 Å². The minimum absolute atomic E-state index is 0.00400. The van der Waals surface area contributed by atoms with Gasteiger partial charge in [0.1, 0.15) is 11.5 Å². The van der Waals surface area contributed by atoms with Crippen LogP contribution < -0.4 is 0 Å². The van der Waals surface area contributed by atoms with Gasteiger partial charge in [-0.25, -0.2) is 0 Å². The molecular weight excluding hydrogens is 332 g/mol. The molecule has 0 aliphatic heterocycles. The summed E-state index contributed by atoms with van der Waals surface area (Å²) in [6, 6.07) is 3.35. The van der Waals surface area contributed by atoms with E-state index in [4.69, 9.17) is 0 Å². The number of allylic oxidation sites excluding steroid dienone is 1. The van der Waals surface area contributed by atoms with E-state index in [2.05, 4.69) is 6.92 Å². The van der Waals surface area contributed by atoms with E-state index in [0.29, 0.717) is 18.4 Å². The van der Waals surface area contributed by atoms with Gasteiger partial charge in [-0.15, -0.1) is 0 Å². The molecule has 5 nitrogen and oxygen atoms in total. The molecule has 0 heterocycles. The number of rotatable bonds is 8. The van der Waals surface area contributed by atoms with Crippen LogP contribution in [0.2, 0.25) is 0 Å². The number of unbranched alkanes of at least 4 members (excludes halogenated alkanes) is 2. The van der Waals surface area contributed by atoms with Crippen LogP contribution in [-0.4, -0.2) is 44.3 Å². The van der Waals surface area contributed by atoms with E-state index in [9.17, 15) is 25.5 Å². The number of aromatic hydroxyl groups is 2. The molecule has 0 bridgehead atoms. The molecule has 2 rings (SSSR count). The molecule has 1 aliphatic rings. The highest BCUT2D eigenvalue weighted by atomic mass is 16.3. The zero-order valence-corrected chi connectivity index (χ0v) is 15.8. The van der Waals surface area contributed by atoms with Gasteiger partial charge >= 0.3 is 0 Å². The van der Waals surface area contributed by atoms with Crippen molar-refractivity contribution in [3.8, 4) is 11.5 Å². The van der Waals surface area contributed by atoms with Crippen molar-refractivity contribution in [1.29, 1.82) is 0 Å². The maximum Gasteiger partial charge on any atom is 0.123 e. The van der Waals surface area contributed by atoms with Gasteiger partial charge in [-0.2, -0.15) is 0 Å². The third-order valence-electron chi connectivity index (χ3n) is 5.55. The molecule has 26 heavy (non-hydrogen) atoms. The lowest BCUT2D eigenvalue weighted by atomic mass is 9.69. The molecule has 0 aromatic heterocycles. The van der Waals surface area contributed by atoms with Crippen molar-refractivity contribution in [1.82, 2.24) is 0 Å². The van der Waals surface area contributed by atoms with E-state index in [1.807, 2.05) is 6.08 Å². The first-order valence-electron chi connectivity index (χ1n) is 9.52. The standard InChI is InChI=1S/C21H32O5/c1-3-4-5-6-14-10-18(24)20(19(25)11-14)16-9-15(12-22)7-8-17(16)21(2,26)13-23/h9-11,16-17,22-26H,3-8,12-13H2,1-2H3/t16?,17-,21?/m1/s1. The summed E-state index contributed by atoms with van der Waals surface area (Å²) >= 11 is 0. The number of aliphatic hydroxyl groups is 3. The molecule has 0 fully saturated rings. The van der Waals surface area contributed by atoms with Gasteiger partial charge in [-0.3, -0.25) is 0 Å². The molecule has 1 aromatic rings. The van der Waals surface area contributed by atoms with Crippen molar-refractivity contribution in [3.63, 3.8) is 0 Å². The summed E-state index contributed by atoms with van der Waals surface area (Å²) in [4.78, 5) is 0. The van der Waals surface area contributed by atoms with Crippen molar-refractivity contribution in [2.24, 2.45) is 5.92 Å². The summed E-state index contributed by atoms with van der Waals surface area (Å²) < 4.78 is 0. The van der Waals surface area contributed by atoms with E-state index < -0.39 is 18.1 Å². The molecule has 0 amide bonds. The van der Waals surface area contributed by atoms with Crippen LogP contribution in [0, 0.1) is 5.92 Å². The molecule has 0 saturated carbocycles. The molecule has 5 N–H and O–H groups in total. The van der Waals surface area contributed by atoms with Crippen molar-refractivity contribution >= 4 is 0 Å². The lowest BCUT2D eigenvalue weighted by Crippen LogP contribution is -2.42. The molecule has 146 valence electrons. The van der Waals surface area contributed by atoms with E-state index in [0.717, 1.165) is 36.8 Å². The Bertz CT molecular complexity index is 612. The molecule has 1 aliphatic carbocycles. The van der Waals surface area contributed by atoms with Crippen molar-refractivity contribution in [2.45, 2.75) is 63.9 Å². The number of phenols is 2. The number of aryl methyl sites for hydroxylation is 1. The smallest absolute Gasteiger partial charge is 0.123 e. The third-order valence-corrected chi connectivity index (χ3v) is 5.55. The van der Waals surface area contributed by atoms with E-state index in [1.165, 1.54) is 0 Å². The minimum Gasteiger partial charge on any atom is -0.507 e. The van der Waals surface area contributed by atoms with Crippen LogP contribution in [0.15, 0.2) is 23.8 Å². The highest BCUT2D eigenvalue weighted by Crippen LogP contribution is 2.47. The highest BCUT2D eigenvalue weighted by molar-refractivity contribution is 5.51. The molecule has 3 atom stereocenters. The van der Waals surface area contributed by atoms with Crippen LogP contribution in [0.1, 0.15) is 63.0 Å². The second-order valence-corrected chi connectivity index (χ2v) is 7.67. The van der Waals surface area contributed by atoms with Crippen molar-refractivity contribution in [2.75, 3.05) is 13.2 Å². The fourth-order valence-corrected chi connectivity index (χ4v) is 3.95. The summed E-state index contributed by atoms with van der Waals surface area (Å²) in [6.45, 7) is 3.18. The van der Waals surface area contributed by atoms with Gasteiger partial charge in [-0.05, 0) is 55.9 Å². The molecule has 1 aromatic carbocycles. The van der Waals surface area contributed by atoms with Crippen LogP contribution in [0.5, 0.6) is 11.5 Å². The molecule has 0 spiro atoms. The topological polar surface area (TPSA) is 101 Å². The Balaban J connectivity index is 2.41. The number of hydrogen-bond acceptors (Lipinski definition) is 5. The first-order valence-corrected chi connectivity index (χ1v) is 9.52. The van der Waals surface area contributed by atoms with Gasteiger partial charge in [0.25, 0.3) is 0 Å². The largest absolute Gasteiger partial charge is 0.507 e. The first-order chi connectivity index (χ1) is 12.3. The fraction of sp³-hybridized carbons (Fsp3) is 0.619. The minimum atomic E-state index is -1.35. The average molecular weight is 364 g/mol. The lowest BCUT2D eigenvalue weighted by molar-refractivity contribution is -0.0560. The Kier molecular flexibility index (Phi) is 7.09. The van der Waals surface area contributed by atoms with Crippen LogP contribution in [0.3, 0.4) is 0 Å². The summed E-state index contributed by atoms with van der Waals surface area (Å²) in [5, 5.41) is 50.9. The number of aliphatic hydroxyl groups excluding tert-OH is 2. The average Bonchev–Trinajstić information content (AvgIpc) is 2.61. The summed E-state index contributed by atoms with van der Waals surface area (Å²) in [5.74, 6) is -0.852. The third kappa shape index (κ3) is 4.58. The predicted octanol–water partition coefficient (Wildman–Crippen LogP) is 2.99. The summed E-state index contributed by atoms with van der Waals surface area (Å²) in [6.07, 6.45) is 6.96. The van der Waals surface area contributed by atoms with Crippen LogP contribution >= 0.6 is 0 Å². The van der Waals surface area contributed by atoms with E-state index >= 15 is 0 Å². The Hall–Kier alpha value is -1.56. The van der Waals surface area contributed by atoms with Crippen molar-refractivity contribution in [3.05, 3.63) is 34.9 Å². The molecule has 2 unspecified atom stereocenters. The van der Waals surface area contributed by atoms with Gasteiger partial charge < -0.3 is 25.5 Å². The lowest BCUT2D eigenvalue weighted by Gasteiger charge is -2.39. The predicted molar refractivity (Wildman–Crippen MR) is 101 cm³/mol. The van der Waals surface area contributed by atoms with E-state index in [-0.39, 0.29) is 24.0 Å². The number of phenolic OH excluding ortho intramolecular Hbond substituents is 2. The number of hydrogen-bond donors (Lipinski definition) is 5. The van der Waals surface area contributed by atoms with E-state index in [1.54, 1.807) is 19.1 Å². The Morgan fingerprint density at radius 1 is 1.12 bits per heavy atom. The van der Waals surface area contributed by atoms with Crippen LogP contribution in [0.25, 0.3) is 0 Å². The normalized spacial score (nSPS) is 22.7.